The zero-order valence-corrected chi connectivity index (χ0v) is 32.0. The summed E-state index contributed by atoms with van der Waals surface area (Å²) < 4.78 is 27.5. The van der Waals surface area contributed by atoms with Crippen molar-refractivity contribution in [3.8, 4) is 0 Å². The van der Waals surface area contributed by atoms with Crippen molar-refractivity contribution in [3.63, 3.8) is 0 Å². The van der Waals surface area contributed by atoms with Crippen LogP contribution in [0.4, 0.5) is 44.2 Å². The van der Waals surface area contributed by atoms with Gasteiger partial charge in [0.1, 0.15) is 35.9 Å². The Kier molecular flexibility index (Phi) is 11.6. The van der Waals surface area contributed by atoms with Crippen LogP contribution in [0, 0.1) is 11.6 Å². The van der Waals surface area contributed by atoms with E-state index >= 15 is 0 Å². The van der Waals surface area contributed by atoms with E-state index in [4.69, 9.17) is 21.4 Å². The van der Waals surface area contributed by atoms with E-state index in [1.54, 1.807) is 12.1 Å². The summed E-state index contributed by atoms with van der Waals surface area (Å²) in [6.07, 6.45) is 6.62. The number of nitrogens with zero attached hydrogens (tertiary/aromatic N) is 10. The lowest BCUT2D eigenvalue weighted by Gasteiger charge is -2.35. The van der Waals surface area contributed by atoms with E-state index in [2.05, 4.69) is 61.7 Å². The predicted octanol–water partition coefficient (Wildman–Crippen LogP) is 5.33. The molecule has 0 radical (unpaired) electrons. The third kappa shape index (κ3) is 9.45. The van der Waals surface area contributed by atoms with Gasteiger partial charge < -0.3 is 37.2 Å². The predicted molar refractivity (Wildman–Crippen MR) is 216 cm³/mol. The molecule has 7 N–H and O–H groups in total. The Balaban J connectivity index is 0.000000177. The SMILES string of the molecule is CC(=O)NC1CCN(c2nc3cc(F)ccc3cc2[C@H](C)Nc2ncnc(N)n2)CC1.C[C@H](Nc1ncnc(N)n1)c1cc2ccc(F)cc2nc1N1CCCC1. The Morgan fingerprint density at radius 1 is 0.684 bits per heavy atom. The minimum atomic E-state index is -0.324. The topological polar surface area (TPSA) is 215 Å². The average molecular weight is 778 g/mol. The van der Waals surface area contributed by atoms with Crippen LogP contribution < -0.4 is 37.2 Å². The molecular weight excluding hydrogens is 733 g/mol. The summed E-state index contributed by atoms with van der Waals surface area (Å²) in [5, 5.41) is 11.2. The fourth-order valence-electron chi connectivity index (χ4n) is 7.19. The van der Waals surface area contributed by atoms with Crippen molar-refractivity contribution in [1.82, 2.24) is 45.2 Å². The number of nitrogen functional groups attached to an aromatic ring is 2. The normalized spacial score (nSPS) is 15.5. The van der Waals surface area contributed by atoms with Crippen LogP contribution in [0.3, 0.4) is 0 Å². The van der Waals surface area contributed by atoms with E-state index in [0.717, 1.165) is 85.4 Å². The first-order valence-electron chi connectivity index (χ1n) is 18.9. The van der Waals surface area contributed by atoms with Gasteiger partial charge in [-0.05, 0) is 75.9 Å². The Morgan fingerprint density at radius 3 is 1.58 bits per heavy atom. The van der Waals surface area contributed by atoms with Crippen molar-refractivity contribution in [2.45, 2.75) is 64.6 Å². The van der Waals surface area contributed by atoms with Gasteiger partial charge in [0.2, 0.25) is 29.7 Å². The van der Waals surface area contributed by atoms with Crippen LogP contribution in [-0.4, -0.2) is 78.0 Å². The Hall–Kier alpha value is -6.59. The van der Waals surface area contributed by atoms with E-state index in [0.29, 0.717) is 22.9 Å². The lowest BCUT2D eigenvalue weighted by Crippen LogP contribution is -2.44. The van der Waals surface area contributed by atoms with E-state index in [1.807, 2.05) is 19.9 Å². The van der Waals surface area contributed by atoms with Crippen LogP contribution in [0.2, 0.25) is 0 Å². The summed E-state index contributed by atoms with van der Waals surface area (Å²) in [7, 11) is 0. The van der Waals surface area contributed by atoms with Crippen LogP contribution in [0.15, 0.2) is 61.2 Å². The van der Waals surface area contributed by atoms with Crippen LogP contribution in [0.1, 0.15) is 69.7 Å². The molecule has 16 nitrogen and oxygen atoms in total. The number of aromatic nitrogens is 8. The van der Waals surface area contributed by atoms with Crippen molar-refractivity contribution in [2.75, 3.05) is 58.1 Å². The van der Waals surface area contributed by atoms with Crippen molar-refractivity contribution in [2.24, 2.45) is 0 Å². The molecule has 2 aliphatic heterocycles. The second-order valence-corrected chi connectivity index (χ2v) is 14.2. The first kappa shape index (κ1) is 38.7. The smallest absolute Gasteiger partial charge is 0.227 e. The molecule has 8 rings (SSSR count). The lowest BCUT2D eigenvalue weighted by molar-refractivity contribution is -0.119. The molecule has 2 aliphatic rings. The number of hydrogen-bond donors (Lipinski definition) is 5. The number of carbonyl (C=O) groups excluding carboxylic acids is 1. The maximum absolute atomic E-state index is 13.8. The number of anilines is 6. The molecular formula is C39H45F2N15O. The van der Waals surface area contributed by atoms with Crippen molar-refractivity contribution < 1.29 is 13.6 Å². The molecule has 2 aromatic carbocycles. The number of carbonyl (C=O) groups is 1. The number of nitrogens with two attached hydrogens (primary N) is 2. The van der Waals surface area contributed by atoms with Gasteiger partial charge in [0, 0.05) is 73.2 Å². The highest BCUT2D eigenvalue weighted by molar-refractivity contribution is 5.83. The quantitative estimate of drug-likeness (QED) is 0.125. The van der Waals surface area contributed by atoms with Crippen molar-refractivity contribution >= 4 is 63.1 Å². The van der Waals surface area contributed by atoms with E-state index in [9.17, 15) is 13.6 Å². The third-order valence-electron chi connectivity index (χ3n) is 9.99. The molecule has 57 heavy (non-hydrogen) atoms. The highest BCUT2D eigenvalue weighted by Gasteiger charge is 2.26. The molecule has 2 atom stereocenters. The third-order valence-corrected chi connectivity index (χ3v) is 9.99. The number of benzene rings is 2. The number of pyridine rings is 2. The monoisotopic (exact) mass is 777 g/mol. The summed E-state index contributed by atoms with van der Waals surface area (Å²) >= 11 is 0. The molecule has 4 aromatic heterocycles. The molecule has 296 valence electrons. The molecule has 18 heteroatoms. The summed E-state index contributed by atoms with van der Waals surface area (Å²) in [5.41, 5.74) is 14.5. The fourth-order valence-corrected chi connectivity index (χ4v) is 7.19. The zero-order chi connectivity index (χ0) is 40.1. The van der Waals surface area contributed by atoms with Gasteiger partial charge in [0.05, 0.1) is 23.1 Å². The van der Waals surface area contributed by atoms with Gasteiger partial charge in [-0.2, -0.15) is 9.97 Å². The summed E-state index contributed by atoms with van der Waals surface area (Å²) in [6.45, 7) is 8.91. The molecule has 0 unspecified atom stereocenters. The van der Waals surface area contributed by atoms with Crippen LogP contribution in [0.5, 0.6) is 0 Å². The lowest BCUT2D eigenvalue weighted by atomic mass is 10.0. The molecule has 6 heterocycles. The number of rotatable bonds is 9. The van der Waals surface area contributed by atoms with Gasteiger partial charge in [-0.3, -0.25) is 4.79 Å². The standard InChI is InChI=1S/C21H25FN8O.C18H20FN7/c1-12(26-21-25-11-24-20(23)29-21)17-9-14-3-4-15(22)10-18(14)28-19(17)30-7-5-16(6-8-30)27-13(2)31;1-11(23-18-22-10-21-17(20)25-18)14-8-12-4-5-13(19)9-15(12)24-16(14)26-6-2-3-7-26/h3-4,9-12,16H,5-8H2,1-2H3,(H,27,31)(H3,23,24,25,26,29);4-5,8-11H,2-3,6-7H2,1H3,(H3,20,21,22,23,25)/t12-;11-/m00/s1. The largest absolute Gasteiger partial charge is 0.368 e. The highest BCUT2D eigenvalue weighted by Crippen LogP contribution is 2.34. The van der Waals surface area contributed by atoms with Gasteiger partial charge in [-0.1, -0.05) is 0 Å². The van der Waals surface area contributed by atoms with Crippen LogP contribution >= 0.6 is 0 Å². The molecule has 0 spiro atoms. The molecule has 0 aliphatic carbocycles. The number of amides is 1. The zero-order valence-electron chi connectivity index (χ0n) is 32.0. The van der Waals surface area contributed by atoms with E-state index < -0.39 is 0 Å². The maximum Gasteiger partial charge on any atom is 0.227 e. The van der Waals surface area contributed by atoms with Gasteiger partial charge in [0.15, 0.2) is 0 Å². The van der Waals surface area contributed by atoms with Gasteiger partial charge >= 0.3 is 0 Å². The van der Waals surface area contributed by atoms with Crippen LogP contribution in [0.25, 0.3) is 21.8 Å². The Bertz CT molecular complexity index is 2370. The van der Waals surface area contributed by atoms with Gasteiger partial charge in [0.25, 0.3) is 0 Å². The van der Waals surface area contributed by atoms with Crippen molar-refractivity contribution in [1.29, 1.82) is 0 Å². The number of hydrogen-bond acceptors (Lipinski definition) is 15. The van der Waals surface area contributed by atoms with Crippen LogP contribution in [-0.2, 0) is 4.79 Å². The van der Waals surface area contributed by atoms with E-state index in [1.165, 1.54) is 43.8 Å². The minimum Gasteiger partial charge on any atom is -0.368 e. The molecule has 1 amide bonds. The summed E-state index contributed by atoms with van der Waals surface area (Å²) in [5.74, 6) is 2.12. The molecule has 0 bridgehead atoms. The van der Waals surface area contributed by atoms with E-state index in [-0.39, 0.29) is 47.6 Å². The second-order valence-electron chi connectivity index (χ2n) is 14.2. The Labute approximate surface area is 328 Å². The molecule has 0 saturated carbocycles. The molecule has 6 aromatic rings. The minimum absolute atomic E-state index is 0.0205. The van der Waals surface area contributed by atoms with Gasteiger partial charge in [-0.25, -0.2) is 38.7 Å². The number of piperidine rings is 1. The average Bonchev–Trinajstić information content (AvgIpc) is 3.72. The first-order valence-corrected chi connectivity index (χ1v) is 18.9. The first-order chi connectivity index (χ1) is 27.5. The molecule has 2 saturated heterocycles. The van der Waals surface area contributed by atoms with Gasteiger partial charge in [-0.15, -0.1) is 0 Å². The fraction of sp³-hybridized carbons (Fsp3) is 0.359. The molecule has 2 fully saturated rings. The Morgan fingerprint density at radius 2 is 1.14 bits per heavy atom. The number of fused-ring (bicyclic) bond motifs is 2. The number of halogens is 2. The summed E-state index contributed by atoms with van der Waals surface area (Å²) in [4.78, 5) is 49.4. The summed E-state index contributed by atoms with van der Waals surface area (Å²) in [6, 6.07) is 13.2. The number of nitrogens with one attached hydrogen (secondary N) is 3. The van der Waals surface area contributed by atoms with Crippen molar-refractivity contribution in [3.05, 3.63) is 83.9 Å². The second kappa shape index (κ2) is 17.1. The highest BCUT2D eigenvalue weighted by atomic mass is 19.1. The maximum atomic E-state index is 13.8.